The van der Waals surface area contributed by atoms with Gasteiger partial charge in [-0.2, -0.15) is 0 Å². The number of rotatable bonds is 3. The normalized spacial score (nSPS) is 15.6. The lowest BCUT2D eigenvalue weighted by Gasteiger charge is -2.09. The van der Waals surface area contributed by atoms with Gasteiger partial charge in [-0.15, -0.1) is 10.2 Å². The van der Waals surface area contributed by atoms with Gasteiger partial charge in [0.25, 0.3) is 14.2 Å². The Labute approximate surface area is 142 Å². The van der Waals surface area contributed by atoms with E-state index >= 15 is 0 Å². The van der Waals surface area contributed by atoms with E-state index < -0.39 is 9.05 Å². The van der Waals surface area contributed by atoms with E-state index in [-0.39, 0.29) is 11.2 Å². The van der Waals surface area contributed by atoms with Crippen molar-refractivity contribution in [1.82, 2.24) is 14.8 Å². The van der Waals surface area contributed by atoms with Crippen molar-refractivity contribution >= 4 is 58.3 Å². The van der Waals surface area contributed by atoms with Crippen LogP contribution in [0.15, 0.2) is 27.8 Å². The maximum Gasteiger partial charge on any atom is 0.296 e. The summed E-state index contributed by atoms with van der Waals surface area (Å²) in [7, 11) is 1.54. The fraction of sp³-hybridized carbons (Fsp3) is 0.273. The van der Waals surface area contributed by atoms with E-state index in [4.69, 9.17) is 10.7 Å². The summed E-state index contributed by atoms with van der Waals surface area (Å²) in [4.78, 5) is 0. The monoisotopic (exact) mass is 487 g/mol. The van der Waals surface area contributed by atoms with Crippen molar-refractivity contribution in [1.29, 1.82) is 0 Å². The zero-order chi connectivity index (χ0) is 14.5. The lowest BCUT2D eigenvalue weighted by molar-refractivity contribution is 0.579. The molecule has 0 amide bonds. The second-order valence-corrected chi connectivity index (χ2v) is 9.01. The average Bonchev–Trinajstić information content (AvgIpc) is 3.09. The minimum absolute atomic E-state index is 0.110. The molecule has 0 N–H and O–H groups in total. The molecule has 9 heteroatoms. The van der Waals surface area contributed by atoms with E-state index in [0.717, 1.165) is 26.4 Å². The van der Waals surface area contributed by atoms with Crippen LogP contribution in [0.25, 0.3) is 11.4 Å². The lowest BCUT2D eigenvalue weighted by Crippen LogP contribution is -2.06. The van der Waals surface area contributed by atoms with Gasteiger partial charge in [0.2, 0.25) is 0 Å². The molecule has 1 aliphatic rings. The standard InChI is InChI=1S/C11H8BrClIN3O2S/c12-6-1-4-9(14)8(5-6)10-15-16-11(20(13,18)19)17(10)7-2-3-7/h1,4-5,7H,2-3H2. The lowest BCUT2D eigenvalue weighted by atomic mass is 10.2. The van der Waals surface area contributed by atoms with Gasteiger partial charge in [0, 0.05) is 30.3 Å². The Bertz CT molecular complexity index is 789. The summed E-state index contributed by atoms with van der Waals surface area (Å²) in [6, 6.07) is 5.86. The van der Waals surface area contributed by atoms with Crippen LogP contribution >= 0.6 is 49.2 Å². The first kappa shape index (κ1) is 14.7. The molecule has 1 heterocycles. The Balaban J connectivity index is 2.25. The molecule has 0 atom stereocenters. The molecular weight excluding hydrogens is 480 g/mol. The van der Waals surface area contributed by atoms with Crippen molar-refractivity contribution in [3.63, 3.8) is 0 Å². The second kappa shape index (κ2) is 5.22. The highest BCUT2D eigenvalue weighted by Crippen LogP contribution is 2.41. The molecule has 2 aromatic rings. The van der Waals surface area contributed by atoms with Crippen LogP contribution in [0.3, 0.4) is 0 Å². The van der Waals surface area contributed by atoms with Crippen molar-refractivity contribution in [2.24, 2.45) is 0 Å². The van der Waals surface area contributed by atoms with Gasteiger partial charge in [-0.05, 0) is 53.6 Å². The molecule has 0 aliphatic heterocycles. The van der Waals surface area contributed by atoms with E-state index in [2.05, 4.69) is 48.7 Å². The summed E-state index contributed by atoms with van der Waals surface area (Å²) >= 11 is 5.60. The molecule has 1 aliphatic carbocycles. The smallest absolute Gasteiger partial charge is 0.294 e. The molecule has 0 saturated heterocycles. The SMILES string of the molecule is O=S(=O)(Cl)c1nnc(-c2cc(Br)ccc2I)n1C1CC1. The highest BCUT2D eigenvalue weighted by atomic mass is 127. The first-order valence-corrected chi connectivity index (χ1v) is 9.91. The summed E-state index contributed by atoms with van der Waals surface area (Å²) in [6.07, 6.45) is 1.82. The van der Waals surface area contributed by atoms with Crippen molar-refractivity contribution in [2.75, 3.05) is 0 Å². The minimum atomic E-state index is -3.90. The number of nitrogens with zero attached hydrogens (tertiary/aromatic N) is 3. The van der Waals surface area contributed by atoms with Crippen LogP contribution in [-0.2, 0) is 9.05 Å². The molecule has 1 aromatic carbocycles. The number of halogens is 3. The van der Waals surface area contributed by atoms with Crippen molar-refractivity contribution in [2.45, 2.75) is 24.0 Å². The molecule has 1 fully saturated rings. The summed E-state index contributed by atoms with van der Waals surface area (Å²) in [5.74, 6) is 0.539. The van der Waals surface area contributed by atoms with Gasteiger partial charge in [-0.3, -0.25) is 4.57 Å². The molecule has 1 saturated carbocycles. The molecule has 0 radical (unpaired) electrons. The minimum Gasteiger partial charge on any atom is -0.294 e. The van der Waals surface area contributed by atoms with E-state index in [0.29, 0.717) is 5.82 Å². The number of hydrogen-bond acceptors (Lipinski definition) is 4. The van der Waals surface area contributed by atoms with E-state index in [9.17, 15) is 8.42 Å². The Morgan fingerprint density at radius 1 is 1.35 bits per heavy atom. The summed E-state index contributed by atoms with van der Waals surface area (Å²) in [5.41, 5.74) is 0.839. The van der Waals surface area contributed by atoms with Crippen molar-refractivity contribution in [3.05, 3.63) is 26.2 Å². The molecule has 20 heavy (non-hydrogen) atoms. The molecule has 1 aromatic heterocycles. The van der Waals surface area contributed by atoms with Crippen LogP contribution in [0, 0.1) is 3.57 Å². The summed E-state index contributed by atoms with van der Waals surface area (Å²) in [6.45, 7) is 0. The maximum atomic E-state index is 11.6. The van der Waals surface area contributed by atoms with Crippen molar-refractivity contribution in [3.8, 4) is 11.4 Å². The van der Waals surface area contributed by atoms with Crippen LogP contribution in [0.2, 0.25) is 0 Å². The maximum absolute atomic E-state index is 11.6. The van der Waals surface area contributed by atoms with E-state index in [1.807, 2.05) is 18.2 Å². The number of benzene rings is 1. The fourth-order valence-electron chi connectivity index (χ4n) is 1.96. The van der Waals surface area contributed by atoms with E-state index in [1.54, 1.807) is 4.57 Å². The average molecular weight is 489 g/mol. The summed E-state index contributed by atoms with van der Waals surface area (Å²) < 4.78 is 26.7. The van der Waals surface area contributed by atoms with Crippen LogP contribution in [0.4, 0.5) is 0 Å². The zero-order valence-corrected chi connectivity index (χ0v) is 15.2. The molecule has 0 spiro atoms. The molecular formula is C11H8BrClIN3O2S. The van der Waals surface area contributed by atoms with Crippen LogP contribution in [0.5, 0.6) is 0 Å². The van der Waals surface area contributed by atoms with Crippen LogP contribution in [0.1, 0.15) is 18.9 Å². The predicted molar refractivity (Wildman–Crippen MR) is 87.2 cm³/mol. The molecule has 5 nitrogen and oxygen atoms in total. The topological polar surface area (TPSA) is 64.8 Å². The van der Waals surface area contributed by atoms with Gasteiger partial charge in [-0.25, -0.2) is 8.42 Å². The van der Waals surface area contributed by atoms with Gasteiger partial charge in [-0.1, -0.05) is 15.9 Å². The highest BCUT2D eigenvalue weighted by Gasteiger charge is 2.34. The first-order chi connectivity index (χ1) is 9.38. The highest BCUT2D eigenvalue weighted by molar-refractivity contribution is 14.1. The van der Waals surface area contributed by atoms with Gasteiger partial charge in [0.15, 0.2) is 5.82 Å². The van der Waals surface area contributed by atoms with Gasteiger partial charge in [0.1, 0.15) is 0 Å². The fourth-order valence-corrected chi connectivity index (χ4v) is 3.82. The Hall–Kier alpha value is -0.190. The predicted octanol–water partition coefficient (Wildman–Crippen LogP) is 3.57. The van der Waals surface area contributed by atoms with Crippen LogP contribution in [-0.4, -0.2) is 23.2 Å². The third-order valence-electron chi connectivity index (χ3n) is 2.96. The third-order valence-corrected chi connectivity index (χ3v) is 5.53. The Morgan fingerprint density at radius 2 is 2.05 bits per heavy atom. The van der Waals surface area contributed by atoms with Crippen LogP contribution < -0.4 is 0 Å². The molecule has 0 unspecified atom stereocenters. The Morgan fingerprint density at radius 3 is 2.65 bits per heavy atom. The summed E-state index contributed by atoms with van der Waals surface area (Å²) in [5, 5.41) is 7.64. The van der Waals surface area contributed by atoms with Gasteiger partial charge in [0.05, 0.1) is 0 Å². The zero-order valence-electron chi connectivity index (χ0n) is 9.92. The molecule has 3 rings (SSSR count). The number of aromatic nitrogens is 3. The molecule has 106 valence electrons. The van der Waals surface area contributed by atoms with E-state index in [1.165, 1.54) is 0 Å². The third kappa shape index (κ3) is 2.75. The van der Waals surface area contributed by atoms with Gasteiger partial charge >= 0.3 is 0 Å². The van der Waals surface area contributed by atoms with Crippen molar-refractivity contribution < 1.29 is 8.42 Å². The first-order valence-electron chi connectivity index (χ1n) is 5.73. The van der Waals surface area contributed by atoms with Gasteiger partial charge < -0.3 is 0 Å². The molecule has 0 bridgehead atoms. The second-order valence-electron chi connectivity index (χ2n) is 4.47. The largest absolute Gasteiger partial charge is 0.296 e. The Kier molecular flexibility index (Phi) is 3.85. The number of hydrogen-bond donors (Lipinski definition) is 0. The quantitative estimate of drug-likeness (QED) is 0.490.